The molecule has 1 amide bonds. The molecule has 3 aromatic rings. The van der Waals surface area contributed by atoms with Crippen molar-refractivity contribution in [3.8, 4) is 11.5 Å². The number of oxazole rings is 1. The summed E-state index contributed by atoms with van der Waals surface area (Å²) in [6.07, 6.45) is 0.125. The normalized spacial score (nSPS) is 10.6. The second kappa shape index (κ2) is 6.07. The van der Waals surface area contributed by atoms with Crippen molar-refractivity contribution in [2.75, 3.05) is 5.32 Å². The van der Waals surface area contributed by atoms with Crippen molar-refractivity contribution in [2.24, 2.45) is 0 Å². The van der Waals surface area contributed by atoms with E-state index >= 15 is 0 Å². The lowest BCUT2D eigenvalue weighted by atomic mass is 10.2. The highest BCUT2D eigenvalue weighted by atomic mass is 32.1. The average molecular weight is 314 g/mol. The van der Waals surface area contributed by atoms with Crippen LogP contribution >= 0.6 is 11.5 Å². The van der Waals surface area contributed by atoms with Crippen LogP contribution in [0.1, 0.15) is 16.5 Å². The molecule has 0 aliphatic rings. The third-order valence-electron chi connectivity index (χ3n) is 3.02. The first-order valence-corrected chi connectivity index (χ1v) is 7.51. The number of benzene rings is 1. The molecule has 112 valence electrons. The molecule has 3 rings (SSSR count). The van der Waals surface area contributed by atoms with Gasteiger partial charge in [0.2, 0.25) is 17.7 Å². The molecule has 0 atom stereocenters. The van der Waals surface area contributed by atoms with Crippen LogP contribution in [-0.4, -0.2) is 20.2 Å². The van der Waals surface area contributed by atoms with Gasteiger partial charge in [-0.2, -0.15) is 4.37 Å². The molecule has 0 saturated carbocycles. The molecule has 2 heterocycles. The van der Waals surface area contributed by atoms with Crippen LogP contribution in [0.25, 0.3) is 11.5 Å². The number of amides is 1. The Labute approximate surface area is 131 Å². The van der Waals surface area contributed by atoms with E-state index in [9.17, 15) is 4.79 Å². The molecule has 0 unspecified atom stereocenters. The molecule has 0 spiro atoms. The zero-order valence-corrected chi connectivity index (χ0v) is 13.0. The quantitative estimate of drug-likeness (QED) is 0.800. The number of rotatable bonds is 4. The van der Waals surface area contributed by atoms with Crippen LogP contribution in [-0.2, 0) is 11.2 Å². The minimum atomic E-state index is -0.214. The highest BCUT2D eigenvalue weighted by molar-refractivity contribution is 7.05. The third-order valence-corrected chi connectivity index (χ3v) is 3.64. The maximum absolute atomic E-state index is 12.0. The number of carbonyl (C=O) groups is 1. The second-order valence-corrected chi connectivity index (χ2v) is 5.71. The maximum atomic E-state index is 12.0. The van der Waals surface area contributed by atoms with Crippen molar-refractivity contribution >= 4 is 23.4 Å². The number of carbonyl (C=O) groups excluding carboxylic acids is 1. The minimum absolute atomic E-state index is 0.125. The number of aryl methyl sites for hydroxylation is 2. The van der Waals surface area contributed by atoms with Gasteiger partial charge >= 0.3 is 0 Å². The van der Waals surface area contributed by atoms with Gasteiger partial charge in [0.25, 0.3) is 0 Å². The Kier molecular flexibility index (Phi) is 3.97. The summed E-state index contributed by atoms with van der Waals surface area (Å²) in [6.45, 7) is 3.63. The largest absolute Gasteiger partial charge is 0.441 e. The van der Waals surface area contributed by atoms with Crippen molar-refractivity contribution in [2.45, 2.75) is 20.3 Å². The zero-order valence-electron chi connectivity index (χ0n) is 12.2. The van der Waals surface area contributed by atoms with Crippen molar-refractivity contribution in [3.05, 3.63) is 46.8 Å². The summed E-state index contributed by atoms with van der Waals surface area (Å²) < 4.78 is 9.66. The molecule has 6 nitrogen and oxygen atoms in total. The van der Waals surface area contributed by atoms with E-state index in [2.05, 4.69) is 19.7 Å². The van der Waals surface area contributed by atoms with Crippen LogP contribution < -0.4 is 5.32 Å². The number of aromatic nitrogens is 3. The maximum Gasteiger partial charge on any atom is 0.241 e. The molecular formula is C15H14N4O2S. The summed E-state index contributed by atoms with van der Waals surface area (Å²) in [5, 5.41) is 3.46. The lowest BCUT2D eigenvalue weighted by molar-refractivity contribution is -0.115. The SMILES string of the molecule is Cc1nc(NC(=O)Cc2nc(-c3ccccc3)oc2C)ns1. The molecule has 0 radical (unpaired) electrons. The van der Waals surface area contributed by atoms with Crippen molar-refractivity contribution in [1.82, 2.24) is 14.3 Å². The molecule has 1 aromatic carbocycles. The predicted molar refractivity (Wildman–Crippen MR) is 83.7 cm³/mol. The number of hydrogen-bond acceptors (Lipinski definition) is 6. The van der Waals surface area contributed by atoms with Crippen LogP contribution in [0.4, 0.5) is 5.95 Å². The first kappa shape index (κ1) is 14.4. The fraction of sp³-hybridized carbons (Fsp3) is 0.200. The second-order valence-electron chi connectivity index (χ2n) is 4.75. The summed E-state index contributed by atoms with van der Waals surface area (Å²) in [6, 6.07) is 9.58. The molecule has 0 bridgehead atoms. The van der Waals surface area contributed by atoms with Gasteiger partial charge in [-0.25, -0.2) is 9.97 Å². The molecule has 2 aromatic heterocycles. The predicted octanol–water partition coefficient (Wildman–Crippen LogP) is 2.99. The Morgan fingerprint density at radius 2 is 2.00 bits per heavy atom. The smallest absolute Gasteiger partial charge is 0.241 e. The molecule has 7 heteroatoms. The van der Waals surface area contributed by atoms with Crippen LogP contribution in [0, 0.1) is 13.8 Å². The molecule has 0 saturated heterocycles. The van der Waals surface area contributed by atoms with Crippen LogP contribution in [0.3, 0.4) is 0 Å². The van der Waals surface area contributed by atoms with E-state index < -0.39 is 0 Å². The summed E-state index contributed by atoms with van der Waals surface area (Å²) in [7, 11) is 0. The van der Waals surface area contributed by atoms with Crippen LogP contribution in [0.2, 0.25) is 0 Å². The van der Waals surface area contributed by atoms with E-state index in [4.69, 9.17) is 4.42 Å². The summed E-state index contributed by atoms with van der Waals surface area (Å²) in [5.41, 5.74) is 1.50. The molecule has 0 fully saturated rings. The first-order chi connectivity index (χ1) is 10.6. The standard InChI is InChI=1S/C15H14N4O2S/c1-9-12(8-13(20)18-15-16-10(2)22-19-15)17-14(21-9)11-6-4-3-5-7-11/h3-7H,8H2,1-2H3,(H,18,19,20). The molecule has 22 heavy (non-hydrogen) atoms. The Hall–Kier alpha value is -2.54. The topological polar surface area (TPSA) is 80.9 Å². The van der Waals surface area contributed by atoms with Crippen molar-refractivity contribution in [1.29, 1.82) is 0 Å². The van der Waals surface area contributed by atoms with Gasteiger partial charge in [0.05, 0.1) is 12.1 Å². The van der Waals surface area contributed by atoms with Gasteiger partial charge in [-0.3, -0.25) is 10.1 Å². The fourth-order valence-electron chi connectivity index (χ4n) is 1.97. The van der Waals surface area contributed by atoms with Crippen LogP contribution in [0.15, 0.2) is 34.7 Å². The Bertz CT molecular complexity index is 795. The van der Waals surface area contributed by atoms with Gasteiger partial charge in [0.15, 0.2) is 0 Å². The lowest BCUT2D eigenvalue weighted by Crippen LogP contribution is -2.16. The van der Waals surface area contributed by atoms with E-state index in [0.29, 0.717) is 23.3 Å². The Morgan fingerprint density at radius 3 is 2.68 bits per heavy atom. The van der Waals surface area contributed by atoms with Crippen molar-refractivity contribution in [3.63, 3.8) is 0 Å². The van der Waals surface area contributed by atoms with E-state index in [1.807, 2.05) is 37.3 Å². The highest BCUT2D eigenvalue weighted by Crippen LogP contribution is 2.21. The molecular weight excluding hydrogens is 300 g/mol. The molecule has 0 aliphatic carbocycles. The monoisotopic (exact) mass is 314 g/mol. The van der Waals surface area contributed by atoms with E-state index in [-0.39, 0.29) is 12.3 Å². The summed E-state index contributed by atoms with van der Waals surface area (Å²) in [5.74, 6) is 1.27. The number of nitrogens with zero attached hydrogens (tertiary/aromatic N) is 3. The number of hydrogen-bond donors (Lipinski definition) is 1. The zero-order chi connectivity index (χ0) is 15.5. The van der Waals surface area contributed by atoms with Gasteiger partial charge in [0.1, 0.15) is 10.8 Å². The fourth-order valence-corrected chi connectivity index (χ4v) is 2.40. The highest BCUT2D eigenvalue weighted by Gasteiger charge is 2.15. The lowest BCUT2D eigenvalue weighted by Gasteiger charge is -1.98. The Morgan fingerprint density at radius 1 is 1.23 bits per heavy atom. The third kappa shape index (κ3) is 3.20. The molecule has 1 N–H and O–H groups in total. The average Bonchev–Trinajstić information content (AvgIpc) is 3.07. The minimum Gasteiger partial charge on any atom is -0.441 e. The van der Waals surface area contributed by atoms with Gasteiger partial charge in [-0.05, 0) is 37.5 Å². The van der Waals surface area contributed by atoms with Crippen molar-refractivity contribution < 1.29 is 9.21 Å². The molecule has 0 aliphatic heterocycles. The van der Waals surface area contributed by atoms with Gasteiger partial charge in [-0.15, -0.1) is 0 Å². The van der Waals surface area contributed by atoms with Gasteiger partial charge in [0, 0.05) is 5.56 Å². The van der Waals surface area contributed by atoms with Crippen LogP contribution in [0.5, 0.6) is 0 Å². The summed E-state index contributed by atoms with van der Waals surface area (Å²) in [4.78, 5) is 20.5. The Balaban J connectivity index is 1.73. The van der Waals surface area contributed by atoms with E-state index in [0.717, 1.165) is 10.6 Å². The van der Waals surface area contributed by atoms with E-state index in [1.165, 1.54) is 11.5 Å². The summed E-state index contributed by atoms with van der Waals surface area (Å²) >= 11 is 1.25. The van der Waals surface area contributed by atoms with Gasteiger partial charge in [-0.1, -0.05) is 18.2 Å². The number of nitrogens with one attached hydrogen (secondary N) is 1. The first-order valence-electron chi connectivity index (χ1n) is 6.73. The van der Waals surface area contributed by atoms with Gasteiger partial charge < -0.3 is 4.42 Å². The van der Waals surface area contributed by atoms with E-state index in [1.54, 1.807) is 6.92 Å². The number of anilines is 1.